The van der Waals surface area contributed by atoms with Crippen LogP contribution in [-0.2, 0) is 0 Å². The molecule has 7 atom stereocenters. The molecule has 0 aromatic carbocycles. The first-order valence-electron chi connectivity index (χ1n) is 13.4. The van der Waals surface area contributed by atoms with Gasteiger partial charge in [0.05, 0.1) is 17.8 Å². The Kier molecular flexibility index (Phi) is 6.13. The van der Waals surface area contributed by atoms with Crippen molar-refractivity contribution in [3.8, 4) is 0 Å². The van der Waals surface area contributed by atoms with Crippen molar-refractivity contribution in [1.29, 1.82) is 0 Å². The number of aliphatic hydroxyl groups excluding tert-OH is 2. The highest BCUT2D eigenvalue weighted by Crippen LogP contribution is 2.60. The molecule has 0 saturated heterocycles. The first-order chi connectivity index (χ1) is 15.3. The van der Waals surface area contributed by atoms with Crippen molar-refractivity contribution in [3.05, 3.63) is 35.5 Å². The minimum atomic E-state index is -2.34. The molecule has 3 saturated carbocycles. The maximum atomic E-state index is 10.3. The van der Waals surface area contributed by atoms with E-state index in [2.05, 4.69) is 32.6 Å². The number of fused-ring (bicyclic) bond motifs is 1. The maximum Gasteiger partial charge on any atom is 0.0811 e. The van der Waals surface area contributed by atoms with Gasteiger partial charge >= 0.3 is 0 Å². The highest BCUT2D eigenvalue weighted by Gasteiger charge is 2.50. The number of allylic oxidation sites excluding steroid dienone is 3. The van der Waals surface area contributed by atoms with Gasteiger partial charge in [0, 0.05) is 10.5 Å². The number of rotatable bonds is 6. The smallest absolute Gasteiger partial charge is 0.0811 e. The zero-order valence-electron chi connectivity index (χ0n) is 22.2. The predicted molar refractivity (Wildman–Crippen MR) is 124 cm³/mol. The van der Waals surface area contributed by atoms with Crippen LogP contribution in [0.25, 0.3) is 0 Å². The molecular formula is C27H44O3. The van der Waals surface area contributed by atoms with E-state index in [1.165, 1.54) is 38.2 Å². The van der Waals surface area contributed by atoms with Crippen molar-refractivity contribution in [3.63, 3.8) is 0 Å². The van der Waals surface area contributed by atoms with E-state index < -0.39 is 24.7 Å². The fourth-order valence-electron chi connectivity index (χ4n) is 6.65. The summed E-state index contributed by atoms with van der Waals surface area (Å²) in [5.74, 6) is 1.64. The molecule has 0 aliphatic heterocycles. The summed E-state index contributed by atoms with van der Waals surface area (Å²) in [6.45, 7) is 7.88. The Hall–Kier alpha value is -0.900. The second-order valence-corrected chi connectivity index (χ2v) is 10.8. The van der Waals surface area contributed by atoms with E-state index in [4.69, 9.17) is 4.11 Å². The molecule has 0 bridgehead atoms. The Bertz CT molecular complexity index is 782. The third-order valence-electron chi connectivity index (χ3n) is 8.31. The van der Waals surface area contributed by atoms with Crippen LogP contribution in [0.3, 0.4) is 0 Å². The quantitative estimate of drug-likeness (QED) is 0.517. The summed E-state index contributed by atoms with van der Waals surface area (Å²) in [6, 6.07) is 0. The largest absolute Gasteiger partial charge is 0.393 e. The molecule has 3 heteroatoms. The third-order valence-corrected chi connectivity index (χ3v) is 8.31. The molecule has 3 rings (SSSR count). The van der Waals surface area contributed by atoms with Gasteiger partial charge in [-0.1, -0.05) is 51.0 Å². The molecule has 0 spiro atoms. The van der Waals surface area contributed by atoms with Gasteiger partial charge in [-0.05, 0) is 93.0 Å². The van der Waals surface area contributed by atoms with Gasteiger partial charge in [0.2, 0.25) is 0 Å². The maximum absolute atomic E-state index is 10.3. The highest BCUT2D eigenvalue weighted by atomic mass is 16.3. The first kappa shape index (κ1) is 19.8. The van der Waals surface area contributed by atoms with Crippen molar-refractivity contribution in [2.75, 3.05) is 0 Å². The highest BCUT2D eigenvalue weighted by molar-refractivity contribution is 5.38. The number of hydrogen-bond donors (Lipinski definition) is 3. The van der Waals surface area contributed by atoms with E-state index >= 15 is 0 Å². The summed E-state index contributed by atoms with van der Waals surface area (Å²) >= 11 is 0. The zero-order valence-corrected chi connectivity index (χ0v) is 19.2. The zero-order chi connectivity index (χ0) is 24.6. The standard InChI is InChI=1S/C27H44O3/c1-18(8-6-14-26(3,4)30)23-12-13-24-20(9-7-15-27(23,24)5)10-11-21-16-22(28)17-25(29)19(21)2/h10-11,18,22-25,28-30H,2,6-9,12-17H2,1,3-5H3/b20-10?,21-11-/t18-,22-,23-,24?,25-,27-/m1/s1/i3D3/t18-,22-,23-,24?,25-,26?,27-. The molecule has 0 radical (unpaired) electrons. The fraction of sp³-hybridized carbons (Fsp3) is 0.778. The molecule has 0 aromatic rings. The molecule has 30 heavy (non-hydrogen) atoms. The molecule has 2 unspecified atom stereocenters. The molecule has 170 valence electrons. The van der Waals surface area contributed by atoms with Gasteiger partial charge in [0.1, 0.15) is 0 Å². The normalized spacial score (nSPS) is 42.3. The molecule has 3 N–H and O–H groups in total. The van der Waals surface area contributed by atoms with E-state index in [-0.39, 0.29) is 5.41 Å². The third kappa shape index (κ3) is 5.29. The number of hydrogen-bond acceptors (Lipinski definition) is 3. The second kappa shape index (κ2) is 9.30. The topological polar surface area (TPSA) is 60.7 Å². The predicted octanol–water partition coefficient (Wildman–Crippen LogP) is 5.70. The molecule has 0 aromatic heterocycles. The monoisotopic (exact) mass is 419 g/mol. The number of aliphatic hydroxyl groups is 3. The lowest BCUT2D eigenvalue weighted by molar-refractivity contribution is 0.0596. The van der Waals surface area contributed by atoms with Crippen LogP contribution in [-0.4, -0.2) is 33.1 Å². The Labute approximate surface area is 188 Å². The van der Waals surface area contributed by atoms with Crippen LogP contribution in [0.4, 0.5) is 0 Å². The van der Waals surface area contributed by atoms with Gasteiger partial charge in [-0.15, -0.1) is 0 Å². The average molecular weight is 420 g/mol. The van der Waals surface area contributed by atoms with Crippen LogP contribution >= 0.6 is 0 Å². The lowest BCUT2D eigenvalue weighted by Gasteiger charge is -2.44. The summed E-state index contributed by atoms with van der Waals surface area (Å²) in [4.78, 5) is 0. The summed E-state index contributed by atoms with van der Waals surface area (Å²) in [5, 5.41) is 30.5. The molecule has 3 aliphatic rings. The summed E-state index contributed by atoms with van der Waals surface area (Å²) in [5.41, 5.74) is 1.82. The van der Waals surface area contributed by atoms with Crippen LogP contribution in [0.5, 0.6) is 0 Å². The van der Waals surface area contributed by atoms with E-state index in [1.54, 1.807) is 0 Å². The molecular weight excluding hydrogens is 372 g/mol. The fourth-order valence-corrected chi connectivity index (χ4v) is 6.65. The van der Waals surface area contributed by atoms with Gasteiger partial charge in [-0.3, -0.25) is 0 Å². The molecule has 0 amide bonds. The van der Waals surface area contributed by atoms with Gasteiger partial charge in [0.15, 0.2) is 0 Å². The van der Waals surface area contributed by atoms with Crippen molar-refractivity contribution < 1.29 is 19.4 Å². The lowest BCUT2D eigenvalue weighted by Crippen LogP contribution is -2.36. The SMILES string of the molecule is [2H]C([2H])([2H])C(C)(O)CCC[C@@H](C)[C@H]1CCC2C(=C/C=C3/C[C@@H](O)C[C@@H](O)C3=C)CCC[C@@]21C. The van der Waals surface area contributed by atoms with Crippen LogP contribution in [0, 0.1) is 23.2 Å². The Morgan fingerprint density at radius 3 is 2.83 bits per heavy atom. The average Bonchev–Trinajstić information content (AvgIpc) is 3.06. The van der Waals surface area contributed by atoms with E-state index in [9.17, 15) is 15.3 Å². The van der Waals surface area contributed by atoms with Crippen LogP contribution in [0.1, 0.15) is 95.9 Å². The van der Waals surface area contributed by atoms with E-state index in [0.29, 0.717) is 37.0 Å². The van der Waals surface area contributed by atoms with Crippen molar-refractivity contribution in [1.82, 2.24) is 0 Å². The Balaban J connectivity index is 1.67. The minimum absolute atomic E-state index is 0.247. The van der Waals surface area contributed by atoms with Crippen LogP contribution < -0.4 is 0 Å². The van der Waals surface area contributed by atoms with Crippen LogP contribution in [0.2, 0.25) is 0 Å². The Morgan fingerprint density at radius 2 is 2.10 bits per heavy atom. The molecule has 3 aliphatic carbocycles. The van der Waals surface area contributed by atoms with Crippen LogP contribution in [0.15, 0.2) is 35.5 Å². The van der Waals surface area contributed by atoms with E-state index in [1.807, 2.05) is 0 Å². The summed E-state index contributed by atoms with van der Waals surface area (Å²) in [7, 11) is 0. The Morgan fingerprint density at radius 1 is 1.33 bits per heavy atom. The first-order valence-corrected chi connectivity index (χ1v) is 11.9. The van der Waals surface area contributed by atoms with E-state index in [0.717, 1.165) is 30.4 Å². The van der Waals surface area contributed by atoms with Gasteiger partial charge in [-0.25, -0.2) is 0 Å². The van der Waals surface area contributed by atoms with Gasteiger partial charge < -0.3 is 15.3 Å². The lowest BCUT2D eigenvalue weighted by atomic mass is 9.60. The van der Waals surface area contributed by atoms with Crippen molar-refractivity contribution in [2.45, 2.75) is 110 Å². The van der Waals surface area contributed by atoms with Crippen molar-refractivity contribution in [2.24, 2.45) is 23.2 Å². The van der Waals surface area contributed by atoms with Gasteiger partial charge in [0.25, 0.3) is 0 Å². The molecule has 3 fully saturated rings. The summed E-state index contributed by atoms with van der Waals surface area (Å²) in [6.07, 6.45) is 11.9. The molecule has 0 heterocycles. The van der Waals surface area contributed by atoms with Crippen molar-refractivity contribution >= 4 is 0 Å². The molecule has 3 nitrogen and oxygen atoms in total. The second-order valence-electron chi connectivity index (χ2n) is 10.8. The minimum Gasteiger partial charge on any atom is -0.393 e. The van der Waals surface area contributed by atoms with Gasteiger partial charge in [-0.2, -0.15) is 0 Å². The summed E-state index contributed by atoms with van der Waals surface area (Å²) < 4.78 is 22.6.